The molecule has 0 radical (unpaired) electrons. The summed E-state index contributed by atoms with van der Waals surface area (Å²) in [4.78, 5) is 16.2. The topological polar surface area (TPSA) is 98.1 Å². The number of H-pyrrole nitrogens is 2. The third kappa shape index (κ3) is 2.32. The van der Waals surface area contributed by atoms with Gasteiger partial charge in [0.1, 0.15) is 0 Å². The SMILES string of the molecule is CN(C)S(=O)(=O)Nc1ccc2[nH]c(=O)[nH]c2c1. The second kappa shape index (κ2) is 3.90. The standard InChI is InChI=1S/C9H12N4O3S/c1-13(2)17(15,16)12-6-3-4-7-8(5-6)11-9(14)10-7/h3-5,12H,1-2H3,(H2,10,11,14). The number of fused-ring (bicyclic) bond motifs is 1. The van der Waals surface area contributed by atoms with Gasteiger partial charge in [-0.25, -0.2) is 4.79 Å². The van der Waals surface area contributed by atoms with Crippen molar-refractivity contribution in [1.82, 2.24) is 14.3 Å². The molecule has 0 aliphatic carbocycles. The van der Waals surface area contributed by atoms with Crippen LogP contribution in [0.1, 0.15) is 0 Å². The fourth-order valence-electron chi connectivity index (χ4n) is 1.34. The van der Waals surface area contributed by atoms with Gasteiger partial charge in [0.15, 0.2) is 0 Å². The van der Waals surface area contributed by atoms with Gasteiger partial charge in [-0.15, -0.1) is 0 Å². The highest BCUT2D eigenvalue weighted by molar-refractivity contribution is 7.90. The first kappa shape index (κ1) is 11.7. The monoisotopic (exact) mass is 256 g/mol. The molecule has 3 N–H and O–H groups in total. The highest BCUT2D eigenvalue weighted by Gasteiger charge is 2.13. The van der Waals surface area contributed by atoms with E-state index in [0.717, 1.165) is 4.31 Å². The summed E-state index contributed by atoms with van der Waals surface area (Å²) in [6, 6.07) is 4.75. The zero-order chi connectivity index (χ0) is 12.6. The zero-order valence-electron chi connectivity index (χ0n) is 9.31. The van der Waals surface area contributed by atoms with Crippen LogP contribution in [0.25, 0.3) is 11.0 Å². The number of aromatic nitrogens is 2. The molecule has 17 heavy (non-hydrogen) atoms. The van der Waals surface area contributed by atoms with Crippen LogP contribution in [0, 0.1) is 0 Å². The van der Waals surface area contributed by atoms with Gasteiger partial charge in [-0.2, -0.15) is 12.7 Å². The third-order valence-electron chi connectivity index (χ3n) is 2.24. The van der Waals surface area contributed by atoms with E-state index < -0.39 is 10.2 Å². The second-order valence-electron chi connectivity index (χ2n) is 3.73. The summed E-state index contributed by atoms with van der Waals surface area (Å²) in [5.41, 5.74) is 1.24. The Morgan fingerprint density at radius 1 is 1.18 bits per heavy atom. The van der Waals surface area contributed by atoms with E-state index in [4.69, 9.17) is 0 Å². The molecular formula is C9H12N4O3S. The molecular weight excluding hydrogens is 244 g/mol. The molecule has 1 aromatic heterocycles. The summed E-state index contributed by atoms with van der Waals surface area (Å²) in [6.07, 6.45) is 0. The third-order valence-corrected chi connectivity index (χ3v) is 3.70. The van der Waals surface area contributed by atoms with Crippen LogP contribution in [0.4, 0.5) is 5.69 Å². The van der Waals surface area contributed by atoms with Gasteiger partial charge in [-0.3, -0.25) is 4.72 Å². The number of rotatable bonds is 3. The molecule has 0 atom stereocenters. The lowest BCUT2D eigenvalue weighted by atomic mass is 10.3. The van der Waals surface area contributed by atoms with Crippen molar-refractivity contribution in [3.63, 3.8) is 0 Å². The van der Waals surface area contributed by atoms with Gasteiger partial charge >= 0.3 is 15.9 Å². The molecule has 0 bridgehead atoms. The maximum absolute atomic E-state index is 11.6. The smallest absolute Gasteiger partial charge is 0.306 e. The molecule has 2 rings (SSSR count). The Kier molecular flexibility index (Phi) is 2.68. The minimum atomic E-state index is -3.53. The molecule has 0 aliphatic rings. The highest BCUT2D eigenvalue weighted by Crippen LogP contribution is 2.16. The summed E-state index contributed by atoms with van der Waals surface area (Å²) in [5, 5.41) is 0. The molecule has 92 valence electrons. The number of hydrogen-bond donors (Lipinski definition) is 3. The lowest BCUT2D eigenvalue weighted by Gasteiger charge is -2.13. The second-order valence-corrected chi connectivity index (χ2v) is 5.61. The van der Waals surface area contributed by atoms with E-state index in [1.165, 1.54) is 14.1 Å². The van der Waals surface area contributed by atoms with Crippen LogP contribution in [0.3, 0.4) is 0 Å². The zero-order valence-corrected chi connectivity index (χ0v) is 10.1. The molecule has 0 aliphatic heterocycles. The van der Waals surface area contributed by atoms with Crippen molar-refractivity contribution in [3.05, 3.63) is 28.7 Å². The first-order valence-electron chi connectivity index (χ1n) is 4.81. The van der Waals surface area contributed by atoms with Crippen LogP contribution in [0.2, 0.25) is 0 Å². The first-order chi connectivity index (χ1) is 7.88. The summed E-state index contributed by atoms with van der Waals surface area (Å²) in [5.74, 6) is 0. The van der Waals surface area contributed by atoms with Gasteiger partial charge in [0.25, 0.3) is 0 Å². The summed E-state index contributed by atoms with van der Waals surface area (Å²) in [6.45, 7) is 0. The van der Waals surface area contributed by atoms with Crippen molar-refractivity contribution in [3.8, 4) is 0 Å². The largest absolute Gasteiger partial charge is 0.323 e. The molecule has 1 aromatic carbocycles. The summed E-state index contributed by atoms with van der Waals surface area (Å²) >= 11 is 0. The fraction of sp³-hybridized carbons (Fsp3) is 0.222. The molecule has 1 heterocycles. The van der Waals surface area contributed by atoms with Gasteiger partial charge in [0.2, 0.25) is 0 Å². The number of benzene rings is 1. The van der Waals surface area contributed by atoms with E-state index in [1.54, 1.807) is 18.2 Å². The quantitative estimate of drug-likeness (QED) is 0.725. The molecule has 0 unspecified atom stereocenters. The molecule has 0 spiro atoms. The van der Waals surface area contributed by atoms with E-state index >= 15 is 0 Å². The van der Waals surface area contributed by atoms with Crippen molar-refractivity contribution < 1.29 is 8.42 Å². The Bertz CT molecular complexity index is 698. The van der Waals surface area contributed by atoms with Gasteiger partial charge in [0, 0.05) is 14.1 Å². The highest BCUT2D eigenvalue weighted by atomic mass is 32.2. The number of nitrogens with zero attached hydrogens (tertiary/aromatic N) is 1. The molecule has 0 saturated carbocycles. The van der Waals surface area contributed by atoms with E-state index in [0.29, 0.717) is 16.7 Å². The average molecular weight is 256 g/mol. The van der Waals surface area contributed by atoms with Crippen molar-refractivity contribution in [2.75, 3.05) is 18.8 Å². The van der Waals surface area contributed by atoms with E-state index in [2.05, 4.69) is 14.7 Å². The number of nitrogens with one attached hydrogen (secondary N) is 3. The van der Waals surface area contributed by atoms with Gasteiger partial charge in [-0.05, 0) is 18.2 Å². The average Bonchev–Trinajstić information content (AvgIpc) is 2.56. The number of aromatic amines is 2. The first-order valence-corrected chi connectivity index (χ1v) is 6.25. The Hall–Kier alpha value is -1.80. The van der Waals surface area contributed by atoms with Gasteiger partial charge < -0.3 is 9.97 Å². The predicted octanol–water partition coefficient (Wildman–Crippen LogP) is 0.0745. The number of anilines is 1. The van der Waals surface area contributed by atoms with Crippen LogP contribution >= 0.6 is 0 Å². The Morgan fingerprint density at radius 2 is 1.82 bits per heavy atom. The Balaban J connectivity index is 2.41. The lowest BCUT2D eigenvalue weighted by molar-refractivity contribution is 0.527. The molecule has 0 fully saturated rings. The minimum absolute atomic E-state index is 0.326. The Labute approximate surface area is 97.6 Å². The van der Waals surface area contributed by atoms with Crippen LogP contribution < -0.4 is 10.4 Å². The van der Waals surface area contributed by atoms with Gasteiger partial charge in [-0.1, -0.05) is 0 Å². The number of imidazole rings is 1. The van der Waals surface area contributed by atoms with E-state index in [9.17, 15) is 13.2 Å². The van der Waals surface area contributed by atoms with E-state index in [-0.39, 0.29) is 5.69 Å². The van der Waals surface area contributed by atoms with Gasteiger partial charge in [0.05, 0.1) is 16.7 Å². The molecule has 2 aromatic rings. The molecule has 8 heteroatoms. The molecule has 0 amide bonds. The van der Waals surface area contributed by atoms with Crippen molar-refractivity contribution in [2.24, 2.45) is 0 Å². The predicted molar refractivity (Wildman–Crippen MR) is 65.1 cm³/mol. The summed E-state index contributed by atoms with van der Waals surface area (Å²) in [7, 11) is -0.673. The van der Waals surface area contributed by atoms with Crippen LogP contribution in [-0.2, 0) is 10.2 Å². The maximum atomic E-state index is 11.6. The number of hydrogen-bond acceptors (Lipinski definition) is 3. The van der Waals surface area contributed by atoms with Crippen LogP contribution in [0.15, 0.2) is 23.0 Å². The lowest BCUT2D eigenvalue weighted by Crippen LogP contribution is -2.28. The van der Waals surface area contributed by atoms with Crippen LogP contribution in [-0.4, -0.2) is 36.8 Å². The summed E-state index contributed by atoms with van der Waals surface area (Å²) < 4.78 is 26.6. The molecule has 7 nitrogen and oxygen atoms in total. The van der Waals surface area contributed by atoms with Crippen LogP contribution in [0.5, 0.6) is 0 Å². The molecule has 0 saturated heterocycles. The van der Waals surface area contributed by atoms with E-state index in [1.807, 2.05) is 0 Å². The normalized spacial score (nSPS) is 12.2. The Morgan fingerprint density at radius 3 is 2.47 bits per heavy atom. The maximum Gasteiger partial charge on any atom is 0.323 e. The fourth-order valence-corrected chi connectivity index (χ4v) is 1.94. The van der Waals surface area contributed by atoms with Crippen molar-refractivity contribution in [1.29, 1.82) is 0 Å². The van der Waals surface area contributed by atoms with Crippen molar-refractivity contribution >= 4 is 26.9 Å². The minimum Gasteiger partial charge on any atom is -0.306 e. The van der Waals surface area contributed by atoms with Crippen molar-refractivity contribution in [2.45, 2.75) is 0 Å².